The summed E-state index contributed by atoms with van der Waals surface area (Å²) >= 11 is 0. The van der Waals surface area contributed by atoms with Gasteiger partial charge >= 0.3 is 0 Å². The fourth-order valence-corrected chi connectivity index (χ4v) is 8.81. The Labute approximate surface area is 243 Å². The first kappa shape index (κ1) is 27.8. The summed E-state index contributed by atoms with van der Waals surface area (Å²) in [4.78, 5) is 0. The van der Waals surface area contributed by atoms with Crippen LogP contribution < -0.4 is 0 Å². The predicted molar refractivity (Wildman–Crippen MR) is 170 cm³/mol. The van der Waals surface area contributed by atoms with Gasteiger partial charge in [0, 0.05) is 0 Å². The van der Waals surface area contributed by atoms with Gasteiger partial charge in [0.1, 0.15) is 0 Å². The zero-order valence-electron chi connectivity index (χ0n) is 25.8. The first-order chi connectivity index (χ1) is 19.0. The van der Waals surface area contributed by atoms with Crippen molar-refractivity contribution in [3.8, 4) is 0 Å². The summed E-state index contributed by atoms with van der Waals surface area (Å²) in [6, 6.07) is 15.8. The van der Waals surface area contributed by atoms with Crippen molar-refractivity contribution in [1.82, 2.24) is 0 Å². The molecule has 8 unspecified atom stereocenters. The normalized spacial score (nSPS) is 34.4. The Kier molecular flexibility index (Phi) is 7.06. The first-order valence-corrected chi connectivity index (χ1v) is 15.9. The monoisotopic (exact) mass is 534 g/mol. The molecule has 0 heterocycles. The molecule has 1 nitrogen and oxygen atoms in total. The summed E-state index contributed by atoms with van der Waals surface area (Å²) < 4.78 is 0. The summed E-state index contributed by atoms with van der Waals surface area (Å²) in [5.74, 6) is 3.63. The van der Waals surface area contributed by atoms with Crippen molar-refractivity contribution in [2.75, 3.05) is 0 Å². The predicted octanol–water partition coefficient (Wildman–Crippen LogP) is 9.90. The van der Waals surface area contributed by atoms with Crippen LogP contribution in [0.2, 0.25) is 0 Å². The summed E-state index contributed by atoms with van der Waals surface area (Å²) in [5, 5.41) is 14.4. The van der Waals surface area contributed by atoms with Crippen molar-refractivity contribution < 1.29 is 5.11 Å². The second kappa shape index (κ2) is 10.2. The maximum atomic E-state index is 11.7. The van der Waals surface area contributed by atoms with Crippen LogP contribution in [0.5, 0.6) is 0 Å². The molecule has 4 aliphatic rings. The molecule has 6 rings (SSSR count). The van der Waals surface area contributed by atoms with Crippen molar-refractivity contribution in [1.29, 1.82) is 0 Å². The second-order valence-corrected chi connectivity index (χ2v) is 15.4. The molecule has 212 valence electrons. The van der Waals surface area contributed by atoms with Gasteiger partial charge in [0.25, 0.3) is 0 Å². The molecular weight excluding hydrogens is 484 g/mol. The highest BCUT2D eigenvalue weighted by atomic mass is 16.3. The van der Waals surface area contributed by atoms with E-state index in [-0.39, 0.29) is 16.9 Å². The molecule has 0 radical (unpaired) electrons. The lowest BCUT2D eigenvalue weighted by atomic mass is 9.65. The molecule has 2 saturated carbocycles. The average molecular weight is 535 g/mol. The quantitative estimate of drug-likeness (QED) is 0.414. The van der Waals surface area contributed by atoms with E-state index in [2.05, 4.69) is 127 Å². The van der Waals surface area contributed by atoms with Crippen molar-refractivity contribution in [2.24, 2.45) is 52.3 Å². The number of aliphatic hydroxyl groups excluding tert-OH is 1. The Morgan fingerprint density at radius 2 is 1.32 bits per heavy atom. The van der Waals surface area contributed by atoms with Crippen LogP contribution in [0.25, 0.3) is 10.8 Å². The molecule has 0 aromatic heterocycles. The Bertz CT molecular complexity index is 1310. The smallest absolute Gasteiger partial charge is 0.0577 e. The van der Waals surface area contributed by atoms with E-state index in [0.29, 0.717) is 47.3 Å². The summed E-state index contributed by atoms with van der Waals surface area (Å²) in [7, 11) is 0. The van der Waals surface area contributed by atoms with Crippen molar-refractivity contribution in [2.45, 2.75) is 79.8 Å². The summed E-state index contributed by atoms with van der Waals surface area (Å²) in [5.41, 5.74) is 4.69. The molecule has 2 aromatic carbocycles. The van der Waals surface area contributed by atoms with E-state index >= 15 is 0 Å². The molecular formula is C39H50O. The van der Waals surface area contributed by atoms with Gasteiger partial charge in [-0.05, 0) is 98.5 Å². The fraction of sp³-hybridized carbons (Fsp3) is 0.538. The third-order valence-corrected chi connectivity index (χ3v) is 11.0. The largest absolute Gasteiger partial charge is 0.393 e. The number of benzene rings is 2. The number of rotatable bonds is 4. The molecule has 2 aromatic rings. The highest BCUT2D eigenvalue weighted by Gasteiger charge is 2.55. The van der Waals surface area contributed by atoms with E-state index in [9.17, 15) is 5.11 Å². The number of aliphatic hydroxyl groups is 1. The molecule has 0 spiro atoms. The SMILES string of the molecule is CCC1CC(O)C(C(c2cccc3ccccc23)C2C3C=CC(C(C)(C)C)=CC3C3C=C(C(C)(C)C)C=CC32)C1. The average Bonchev–Trinajstić information content (AvgIpc) is 3.45. The van der Waals surface area contributed by atoms with E-state index in [1.165, 1.54) is 27.5 Å². The van der Waals surface area contributed by atoms with Crippen LogP contribution in [-0.4, -0.2) is 11.2 Å². The van der Waals surface area contributed by atoms with Crippen LogP contribution in [0.15, 0.2) is 90.1 Å². The van der Waals surface area contributed by atoms with Gasteiger partial charge in [0.2, 0.25) is 0 Å². The fourth-order valence-electron chi connectivity index (χ4n) is 8.81. The van der Waals surface area contributed by atoms with Crippen molar-refractivity contribution >= 4 is 10.8 Å². The van der Waals surface area contributed by atoms with Crippen molar-refractivity contribution in [3.05, 3.63) is 95.6 Å². The van der Waals surface area contributed by atoms with Crippen LogP contribution in [0.1, 0.15) is 79.2 Å². The van der Waals surface area contributed by atoms with E-state index < -0.39 is 0 Å². The zero-order chi connectivity index (χ0) is 28.4. The standard InChI is InChI=1S/C39H50O/c1-8-24-20-34(35(40)21-24)37(29-15-11-13-25-12-9-10-14-28(25)29)36-30-18-16-26(38(2,3)4)22-32(30)33-23-27(39(5,6)7)17-19-31(33)36/h9-19,22-24,30-37,40H,8,20-21H2,1-7H3. The molecule has 0 saturated heterocycles. The molecule has 0 aliphatic heterocycles. The van der Waals surface area contributed by atoms with Gasteiger partial charge in [-0.3, -0.25) is 0 Å². The van der Waals surface area contributed by atoms with Gasteiger partial charge in [-0.25, -0.2) is 0 Å². The van der Waals surface area contributed by atoms with Gasteiger partial charge < -0.3 is 5.11 Å². The minimum absolute atomic E-state index is 0.140. The molecule has 2 fully saturated rings. The lowest BCUT2D eigenvalue weighted by Crippen LogP contribution is -2.33. The molecule has 40 heavy (non-hydrogen) atoms. The van der Waals surface area contributed by atoms with E-state index in [0.717, 1.165) is 19.3 Å². The molecule has 1 heteroatoms. The highest BCUT2D eigenvalue weighted by molar-refractivity contribution is 5.86. The summed E-state index contributed by atoms with van der Waals surface area (Å²) in [6.45, 7) is 16.4. The van der Waals surface area contributed by atoms with E-state index in [1.807, 2.05) is 0 Å². The van der Waals surface area contributed by atoms with E-state index in [4.69, 9.17) is 0 Å². The summed E-state index contributed by atoms with van der Waals surface area (Å²) in [6.07, 6.45) is 18.4. The lowest BCUT2D eigenvalue weighted by Gasteiger charge is -2.39. The Balaban J connectivity index is 1.53. The molecule has 1 N–H and O–H groups in total. The van der Waals surface area contributed by atoms with Gasteiger partial charge in [-0.2, -0.15) is 0 Å². The van der Waals surface area contributed by atoms with Crippen LogP contribution in [-0.2, 0) is 0 Å². The van der Waals surface area contributed by atoms with Crippen LogP contribution in [0.4, 0.5) is 0 Å². The lowest BCUT2D eigenvalue weighted by molar-refractivity contribution is 0.0910. The van der Waals surface area contributed by atoms with Crippen LogP contribution in [0, 0.1) is 52.3 Å². The maximum Gasteiger partial charge on any atom is 0.0577 e. The third kappa shape index (κ3) is 4.77. The Morgan fingerprint density at radius 1 is 0.750 bits per heavy atom. The number of hydrogen-bond donors (Lipinski definition) is 1. The van der Waals surface area contributed by atoms with Gasteiger partial charge in [-0.1, -0.05) is 134 Å². The second-order valence-electron chi connectivity index (χ2n) is 15.4. The van der Waals surface area contributed by atoms with Crippen molar-refractivity contribution in [3.63, 3.8) is 0 Å². The number of fused-ring (bicyclic) bond motifs is 4. The van der Waals surface area contributed by atoms with Crippen LogP contribution >= 0.6 is 0 Å². The van der Waals surface area contributed by atoms with Gasteiger partial charge in [0.15, 0.2) is 0 Å². The Hall–Kier alpha value is -2.38. The topological polar surface area (TPSA) is 20.2 Å². The Morgan fingerprint density at radius 3 is 1.88 bits per heavy atom. The van der Waals surface area contributed by atoms with Crippen LogP contribution in [0.3, 0.4) is 0 Å². The minimum Gasteiger partial charge on any atom is -0.393 e. The maximum absolute atomic E-state index is 11.7. The van der Waals surface area contributed by atoms with Gasteiger partial charge in [0.05, 0.1) is 6.10 Å². The van der Waals surface area contributed by atoms with E-state index in [1.54, 1.807) is 0 Å². The highest BCUT2D eigenvalue weighted by Crippen LogP contribution is 2.61. The first-order valence-electron chi connectivity index (χ1n) is 15.9. The van der Waals surface area contributed by atoms with Gasteiger partial charge in [-0.15, -0.1) is 0 Å². The number of allylic oxidation sites excluding steroid dienone is 8. The molecule has 4 aliphatic carbocycles. The number of hydrogen-bond acceptors (Lipinski definition) is 1. The third-order valence-electron chi connectivity index (χ3n) is 11.0. The minimum atomic E-state index is -0.229. The molecule has 0 bridgehead atoms. The zero-order valence-corrected chi connectivity index (χ0v) is 25.8. The molecule has 8 atom stereocenters. The molecule has 0 amide bonds.